The lowest BCUT2D eigenvalue weighted by Gasteiger charge is -1.92. The van der Waals surface area contributed by atoms with E-state index in [1.165, 1.54) is 4.52 Å². The third-order valence-corrected chi connectivity index (χ3v) is 1.47. The largest absolute Gasteiger partial charge is 0.296 e. The minimum atomic E-state index is 0.514. The number of hydrogen-bond donors (Lipinski definition) is 0. The monoisotopic (exact) mass is 147 g/mol. The standard InChI is InChI=1S/C7H5N3O/c11-5-7-3-1-2-6-4-8-9-10(6)7/h1-5H. The molecule has 11 heavy (non-hydrogen) atoms. The molecule has 0 aliphatic rings. The van der Waals surface area contributed by atoms with Crippen molar-refractivity contribution in [3.63, 3.8) is 0 Å². The lowest BCUT2D eigenvalue weighted by molar-refractivity contribution is 0.111. The summed E-state index contributed by atoms with van der Waals surface area (Å²) in [4.78, 5) is 10.4. The zero-order valence-corrected chi connectivity index (χ0v) is 5.64. The number of carbonyl (C=O) groups is 1. The van der Waals surface area contributed by atoms with E-state index in [0.29, 0.717) is 5.69 Å². The van der Waals surface area contributed by atoms with Crippen molar-refractivity contribution in [1.29, 1.82) is 0 Å². The zero-order chi connectivity index (χ0) is 7.68. The smallest absolute Gasteiger partial charge is 0.168 e. The second-order valence-electron chi connectivity index (χ2n) is 2.14. The van der Waals surface area contributed by atoms with Crippen molar-refractivity contribution in [2.75, 3.05) is 0 Å². The molecule has 0 unspecified atom stereocenters. The highest BCUT2D eigenvalue weighted by atomic mass is 16.1. The predicted molar refractivity (Wildman–Crippen MR) is 38.4 cm³/mol. The summed E-state index contributed by atoms with van der Waals surface area (Å²) in [5, 5.41) is 7.39. The van der Waals surface area contributed by atoms with E-state index in [2.05, 4.69) is 10.3 Å². The topological polar surface area (TPSA) is 47.3 Å². The summed E-state index contributed by atoms with van der Waals surface area (Å²) >= 11 is 0. The SMILES string of the molecule is O=Cc1cccc2cnnn12. The Balaban J connectivity index is 2.88. The molecule has 0 aliphatic heterocycles. The predicted octanol–water partition coefficient (Wildman–Crippen LogP) is 0.542. The van der Waals surface area contributed by atoms with Gasteiger partial charge in [0.05, 0.1) is 11.7 Å². The first-order valence-electron chi connectivity index (χ1n) is 3.16. The molecule has 0 fully saturated rings. The van der Waals surface area contributed by atoms with Crippen LogP contribution in [0.1, 0.15) is 10.5 Å². The average molecular weight is 147 g/mol. The van der Waals surface area contributed by atoms with E-state index >= 15 is 0 Å². The molecule has 0 atom stereocenters. The van der Waals surface area contributed by atoms with Gasteiger partial charge in [-0.05, 0) is 12.1 Å². The molecule has 0 N–H and O–H groups in total. The van der Waals surface area contributed by atoms with Crippen LogP contribution in [0, 0.1) is 0 Å². The van der Waals surface area contributed by atoms with E-state index in [1.807, 2.05) is 6.07 Å². The summed E-state index contributed by atoms with van der Waals surface area (Å²) in [6.07, 6.45) is 2.36. The first-order valence-corrected chi connectivity index (χ1v) is 3.16. The van der Waals surface area contributed by atoms with Crippen LogP contribution in [0.5, 0.6) is 0 Å². The molecule has 0 aromatic carbocycles. The normalized spacial score (nSPS) is 10.2. The van der Waals surface area contributed by atoms with E-state index in [4.69, 9.17) is 0 Å². The van der Waals surface area contributed by atoms with Gasteiger partial charge in [-0.25, -0.2) is 4.52 Å². The van der Waals surface area contributed by atoms with Crippen molar-refractivity contribution in [3.05, 3.63) is 30.1 Å². The number of hydrogen-bond acceptors (Lipinski definition) is 3. The Labute approximate surface area is 62.5 Å². The van der Waals surface area contributed by atoms with Gasteiger partial charge in [0.2, 0.25) is 0 Å². The van der Waals surface area contributed by atoms with Gasteiger partial charge in [0.25, 0.3) is 0 Å². The summed E-state index contributed by atoms with van der Waals surface area (Å²) in [6, 6.07) is 5.32. The Morgan fingerprint density at radius 1 is 1.45 bits per heavy atom. The third kappa shape index (κ3) is 0.797. The van der Waals surface area contributed by atoms with Gasteiger partial charge in [-0.15, -0.1) is 5.10 Å². The van der Waals surface area contributed by atoms with E-state index in [-0.39, 0.29) is 0 Å². The number of aromatic nitrogens is 3. The Kier molecular flexibility index (Phi) is 1.18. The Bertz CT molecular complexity index is 393. The van der Waals surface area contributed by atoms with Crippen LogP contribution in [0.3, 0.4) is 0 Å². The molecule has 0 spiro atoms. The van der Waals surface area contributed by atoms with Crippen molar-refractivity contribution in [3.8, 4) is 0 Å². The molecule has 0 aliphatic carbocycles. The second kappa shape index (κ2) is 2.16. The van der Waals surface area contributed by atoms with Crippen molar-refractivity contribution < 1.29 is 4.79 Å². The lowest BCUT2D eigenvalue weighted by atomic mass is 10.3. The third-order valence-electron chi connectivity index (χ3n) is 1.47. The molecule has 2 aromatic heterocycles. The maximum absolute atomic E-state index is 10.4. The molecule has 0 radical (unpaired) electrons. The molecule has 54 valence electrons. The highest BCUT2D eigenvalue weighted by Gasteiger charge is 1.97. The number of pyridine rings is 1. The molecule has 2 aromatic rings. The van der Waals surface area contributed by atoms with Crippen LogP contribution < -0.4 is 0 Å². The van der Waals surface area contributed by atoms with E-state index in [1.54, 1.807) is 18.3 Å². The van der Waals surface area contributed by atoms with Crippen LogP contribution in [0.25, 0.3) is 5.52 Å². The average Bonchev–Trinajstić information content (AvgIpc) is 2.50. The molecule has 0 saturated heterocycles. The fourth-order valence-electron chi connectivity index (χ4n) is 0.962. The van der Waals surface area contributed by atoms with Crippen LogP contribution in [-0.4, -0.2) is 21.1 Å². The molecular formula is C7H5N3O. The number of nitrogens with zero attached hydrogens (tertiary/aromatic N) is 3. The van der Waals surface area contributed by atoms with Gasteiger partial charge in [-0.2, -0.15) is 0 Å². The molecule has 0 bridgehead atoms. The molecule has 0 saturated carbocycles. The van der Waals surface area contributed by atoms with E-state index < -0.39 is 0 Å². The number of fused-ring (bicyclic) bond motifs is 1. The fraction of sp³-hybridized carbons (Fsp3) is 0. The van der Waals surface area contributed by atoms with Gasteiger partial charge < -0.3 is 0 Å². The first-order chi connectivity index (χ1) is 5.42. The van der Waals surface area contributed by atoms with Crippen LogP contribution in [-0.2, 0) is 0 Å². The molecule has 2 heterocycles. The number of aldehydes is 1. The molecule has 4 heteroatoms. The van der Waals surface area contributed by atoms with Gasteiger partial charge in [-0.1, -0.05) is 11.3 Å². The minimum Gasteiger partial charge on any atom is -0.296 e. The number of rotatable bonds is 1. The van der Waals surface area contributed by atoms with Crippen molar-refractivity contribution >= 4 is 11.8 Å². The molecule has 4 nitrogen and oxygen atoms in total. The highest BCUT2D eigenvalue weighted by Crippen LogP contribution is 2.01. The van der Waals surface area contributed by atoms with Crippen molar-refractivity contribution in [2.24, 2.45) is 0 Å². The summed E-state index contributed by atoms with van der Waals surface area (Å²) < 4.78 is 1.49. The van der Waals surface area contributed by atoms with Crippen LogP contribution in [0.15, 0.2) is 24.4 Å². The quantitative estimate of drug-likeness (QED) is 0.553. The van der Waals surface area contributed by atoms with Gasteiger partial charge >= 0.3 is 0 Å². The van der Waals surface area contributed by atoms with Gasteiger partial charge in [0, 0.05) is 0 Å². The molecule has 2 rings (SSSR count). The van der Waals surface area contributed by atoms with Gasteiger partial charge in [-0.3, -0.25) is 4.79 Å². The van der Waals surface area contributed by atoms with Crippen LogP contribution in [0.2, 0.25) is 0 Å². The molecular weight excluding hydrogens is 142 g/mol. The van der Waals surface area contributed by atoms with Gasteiger partial charge in [0.1, 0.15) is 5.69 Å². The fourth-order valence-corrected chi connectivity index (χ4v) is 0.962. The molecule has 0 amide bonds. The summed E-state index contributed by atoms with van der Waals surface area (Å²) in [6.45, 7) is 0. The van der Waals surface area contributed by atoms with Gasteiger partial charge in [0.15, 0.2) is 6.29 Å². The first kappa shape index (κ1) is 6.03. The summed E-state index contributed by atoms with van der Waals surface area (Å²) in [5.41, 5.74) is 1.34. The van der Waals surface area contributed by atoms with E-state index in [9.17, 15) is 4.79 Å². The maximum atomic E-state index is 10.4. The number of carbonyl (C=O) groups excluding carboxylic acids is 1. The minimum absolute atomic E-state index is 0.514. The Morgan fingerprint density at radius 3 is 3.18 bits per heavy atom. The second-order valence-corrected chi connectivity index (χ2v) is 2.14. The highest BCUT2D eigenvalue weighted by molar-refractivity contribution is 5.73. The zero-order valence-electron chi connectivity index (χ0n) is 5.64. The Morgan fingerprint density at radius 2 is 2.36 bits per heavy atom. The van der Waals surface area contributed by atoms with Crippen LogP contribution in [0.4, 0.5) is 0 Å². The van der Waals surface area contributed by atoms with E-state index in [0.717, 1.165) is 11.8 Å². The summed E-state index contributed by atoms with van der Waals surface area (Å²) in [7, 11) is 0. The van der Waals surface area contributed by atoms with Crippen molar-refractivity contribution in [2.45, 2.75) is 0 Å². The van der Waals surface area contributed by atoms with Crippen molar-refractivity contribution in [1.82, 2.24) is 14.8 Å². The lowest BCUT2D eigenvalue weighted by Crippen LogP contribution is -1.95. The maximum Gasteiger partial charge on any atom is 0.168 e. The van der Waals surface area contributed by atoms with Crippen LogP contribution >= 0.6 is 0 Å². The Hall–Kier alpha value is -1.71. The summed E-state index contributed by atoms with van der Waals surface area (Å²) in [5.74, 6) is 0.